The Hall–Kier alpha value is -3.03. The molecule has 1 atom stereocenters. The Kier molecular flexibility index (Phi) is 6.81. The molecule has 0 saturated carbocycles. The van der Waals surface area contributed by atoms with Crippen LogP contribution in [0.1, 0.15) is 23.7 Å². The zero-order valence-electron chi connectivity index (χ0n) is 14.4. The van der Waals surface area contributed by atoms with Crippen molar-refractivity contribution in [2.75, 3.05) is 7.11 Å². The number of hydrogen-bond acceptors (Lipinski definition) is 5. The van der Waals surface area contributed by atoms with Crippen LogP contribution in [0.4, 0.5) is 13.2 Å². The number of benzene rings is 2. The molecule has 2 aromatic rings. The molecule has 0 radical (unpaired) electrons. The molecule has 0 spiro atoms. The van der Waals surface area contributed by atoms with E-state index in [9.17, 15) is 22.8 Å². The Bertz CT molecular complexity index is 757. The summed E-state index contributed by atoms with van der Waals surface area (Å²) in [6.07, 6.45) is -7.12. The minimum atomic E-state index is -5.16. The average molecular weight is 382 g/mol. The van der Waals surface area contributed by atoms with Crippen LogP contribution in [0, 0.1) is 0 Å². The Balaban J connectivity index is 2.08. The van der Waals surface area contributed by atoms with Crippen LogP contribution < -0.4 is 4.74 Å². The topological polar surface area (TPSA) is 61.8 Å². The summed E-state index contributed by atoms with van der Waals surface area (Å²) in [5, 5.41) is 0. The normalized spacial score (nSPS) is 12.1. The van der Waals surface area contributed by atoms with Crippen molar-refractivity contribution < 1.29 is 37.0 Å². The average Bonchev–Trinajstić information content (AvgIpc) is 2.66. The van der Waals surface area contributed by atoms with Crippen LogP contribution in [0.3, 0.4) is 0 Å². The van der Waals surface area contributed by atoms with E-state index in [1.54, 1.807) is 0 Å². The van der Waals surface area contributed by atoms with E-state index in [1.807, 2.05) is 30.3 Å². The van der Waals surface area contributed by atoms with Crippen molar-refractivity contribution in [3.8, 4) is 5.75 Å². The third-order valence-electron chi connectivity index (χ3n) is 3.56. The van der Waals surface area contributed by atoms with Gasteiger partial charge in [0.15, 0.2) is 0 Å². The quantitative estimate of drug-likeness (QED) is 0.678. The molecule has 144 valence electrons. The van der Waals surface area contributed by atoms with Crippen LogP contribution in [-0.4, -0.2) is 25.2 Å². The van der Waals surface area contributed by atoms with E-state index in [0.717, 1.165) is 12.7 Å². The summed E-state index contributed by atoms with van der Waals surface area (Å²) in [6, 6.07) is 15.3. The first kappa shape index (κ1) is 20.3. The Morgan fingerprint density at radius 2 is 1.63 bits per heavy atom. The van der Waals surface area contributed by atoms with E-state index in [4.69, 9.17) is 4.74 Å². The second-order valence-electron chi connectivity index (χ2n) is 5.52. The molecule has 5 nitrogen and oxygen atoms in total. The second kappa shape index (κ2) is 9.07. The molecule has 0 aromatic heterocycles. The predicted molar refractivity (Wildman–Crippen MR) is 88.7 cm³/mol. The smallest absolute Gasteiger partial charge is 0.489 e. The van der Waals surface area contributed by atoms with Gasteiger partial charge in [-0.05, 0) is 23.3 Å². The molecule has 0 aliphatic heterocycles. The lowest BCUT2D eigenvalue weighted by Gasteiger charge is -2.18. The molecular formula is C19H17F3O5. The summed E-state index contributed by atoms with van der Waals surface area (Å²) in [5.41, 5.74) is 1.16. The number of esters is 2. The molecule has 2 rings (SSSR count). The first-order valence-corrected chi connectivity index (χ1v) is 7.91. The minimum absolute atomic E-state index is 0.213. The standard InChI is InChI=1S/C19H17F3O5/c1-25-17(23)11-16(27-18(24)19(20,21)22)14-7-9-15(10-8-14)26-12-13-5-3-2-4-6-13/h2-10,16H,11-12H2,1H3. The molecule has 0 bridgehead atoms. The summed E-state index contributed by atoms with van der Waals surface area (Å²) in [4.78, 5) is 22.6. The number of ether oxygens (including phenoxy) is 3. The van der Waals surface area contributed by atoms with Gasteiger partial charge in [-0.2, -0.15) is 13.2 Å². The highest BCUT2D eigenvalue weighted by Crippen LogP contribution is 2.28. The van der Waals surface area contributed by atoms with Gasteiger partial charge in [-0.15, -0.1) is 0 Å². The van der Waals surface area contributed by atoms with Gasteiger partial charge in [-0.25, -0.2) is 4.79 Å². The van der Waals surface area contributed by atoms with Gasteiger partial charge in [0.25, 0.3) is 0 Å². The largest absolute Gasteiger partial charge is 0.490 e. The SMILES string of the molecule is COC(=O)CC(OC(=O)C(F)(F)F)c1ccc(OCc2ccccc2)cc1. The van der Waals surface area contributed by atoms with Crippen LogP contribution in [0.25, 0.3) is 0 Å². The highest BCUT2D eigenvalue weighted by molar-refractivity contribution is 5.77. The summed E-state index contributed by atoms with van der Waals surface area (Å²) in [6.45, 7) is 0.314. The molecule has 1 unspecified atom stereocenters. The van der Waals surface area contributed by atoms with E-state index >= 15 is 0 Å². The van der Waals surface area contributed by atoms with Gasteiger partial charge >= 0.3 is 18.1 Å². The van der Waals surface area contributed by atoms with Gasteiger partial charge in [0.1, 0.15) is 18.5 Å². The fourth-order valence-electron chi connectivity index (χ4n) is 2.18. The fraction of sp³-hybridized carbons (Fsp3) is 0.263. The van der Waals surface area contributed by atoms with E-state index in [-0.39, 0.29) is 5.56 Å². The summed E-state index contributed by atoms with van der Waals surface area (Å²) < 4.78 is 51.8. The van der Waals surface area contributed by atoms with Crippen LogP contribution in [0.5, 0.6) is 5.75 Å². The van der Waals surface area contributed by atoms with E-state index in [0.29, 0.717) is 12.4 Å². The van der Waals surface area contributed by atoms with E-state index < -0.39 is 30.6 Å². The lowest BCUT2D eigenvalue weighted by atomic mass is 10.1. The number of carbonyl (C=O) groups is 2. The van der Waals surface area contributed by atoms with Crippen molar-refractivity contribution in [2.24, 2.45) is 0 Å². The van der Waals surface area contributed by atoms with Crippen molar-refractivity contribution >= 4 is 11.9 Å². The number of halogens is 3. The Morgan fingerprint density at radius 1 is 1.00 bits per heavy atom. The van der Waals surface area contributed by atoms with Gasteiger partial charge in [0.05, 0.1) is 13.5 Å². The highest BCUT2D eigenvalue weighted by Gasteiger charge is 2.42. The summed E-state index contributed by atoms with van der Waals surface area (Å²) in [5.74, 6) is -2.71. The maximum absolute atomic E-state index is 12.5. The van der Waals surface area contributed by atoms with Gasteiger partial charge in [0.2, 0.25) is 0 Å². The number of carbonyl (C=O) groups excluding carboxylic acids is 2. The van der Waals surface area contributed by atoms with Gasteiger partial charge in [-0.1, -0.05) is 42.5 Å². The van der Waals surface area contributed by atoms with Crippen LogP contribution >= 0.6 is 0 Å². The molecule has 0 heterocycles. The first-order chi connectivity index (χ1) is 12.8. The highest BCUT2D eigenvalue weighted by atomic mass is 19.4. The van der Waals surface area contributed by atoms with Gasteiger partial charge in [-0.3, -0.25) is 4.79 Å². The molecule has 0 saturated heterocycles. The van der Waals surface area contributed by atoms with Crippen LogP contribution in [-0.2, 0) is 25.7 Å². The lowest BCUT2D eigenvalue weighted by molar-refractivity contribution is -0.206. The van der Waals surface area contributed by atoms with Crippen molar-refractivity contribution in [1.82, 2.24) is 0 Å². The molecule has 0 fully saturated rings. The van der Waals surface area contributed by atoms with Gasteiger partial charge in [0, 0.05) is 0 Å². The number of alkyl halides is 3. The molecule has 27 heavy (non-hydrogen) atoms. The maximum Gasteiger partial charge on any atom is 0.490 e. The zero-order valence-corrected chi connectivity index (χ0v) is 14.4. The predicted octanol–water partition coefficient (Wildman–Crippen LogP) is 3.98. The molecule has 0 N–H and O–H groups in total. The van der Waals surface area contributed by atoms with Crippen molar-refractivity contribution in [3.05, 3.63) is 65.7 Å². The van der Waals surface area contributed by atoms with Crippen LogP contribution in [0.15, 0.2) is 54.6 Å². The van der Waals surface area contributed by atoms with Crippen LogP contribution in [0.2, 0.25) is 0 Å². The third kappa shape index (κ3) is 6.32. The zero-order chi connectivity index (χ0) is 19.9. The summed E-state index contributed by atoms with van der Waals surface area (Å²) in [7, 11) is 1.09. The summed E-state index contributed by atoms with van der Waals surface area (Å²) >= 11 is 0. The molecule has 8 heteroatoms. The maximum atomic E-state index is 12.5. The lowest BCUT2D eigenvalue weighted by Crippen LogP contribution is -2.28. The first-order valence-electron chi connectivity index (χ1n) is 7.91. The molecule has 0 aliphatic rings. The monoisotopic (exact) mass is 382 g/mol. The molecular weight excluding hydrogens is 365 g/mol. The van der Waals surface area contributed by atoms with E-state index in [1.165, 1.54) is 24.3 Å². The molecule has 0 aliphatic carbocycles. The van der Waals surface area contributed by atoms with Gasteiger partial charge < -0.3 is 14.2 Å². The van der Waals surface area contributed by atoms with Crippen molar-refractivity contribution in [1.29, 1.82) is 0 Å². The minimum Gasteiger partial charge on any atom is -0.489 e. The van der Waals surface area contributed by atoms with Crippen molar-refractivity contribution in [2.45, 2.75) is 25.3 Å². The number of methoxy groups -OCH3 is 1. The Morgan fingerprint density at radius 3 is 2.19 bits per heavy atom. The van der Waals surface area contributed by atoms with E-state index in [2.05, 4.69) is 9.47 Å². The number of rotatable bonds is 7. The number of hydrogen-bond donors (Lipinski definition) is 0. The third-order valence-corrected chi connectivity index (χ3v) is 3.56. The second-order valence-corrected chi connectivity index (χ2v) is 5.52. The molecule has 0 amide bonds. The Labute approximate surface area is 153 Å². The molecule has 2 aromatic carbocycles. The van der Waals surface area contributed by atoms with Crippen molar-refractivity contribution in [3.63, 3.8) is 0 Å². The fourth-order valence-corrected chi connectivity index (χ4v) is 2.18.